The second-order valence-electron chi connectivity index (χ2n) is 8.64. The van der Waals surface area contributed by atoms with Gasteiger partial charge in [0.25, 0.3) is 0 Å². The quantitative estimate of drug-likeness (QED) is 0.296. The van der Waals surface area contributed by atoms with Gasteiger partial charge in [-0.05, 0) is 80.5 Å². The molecule has 1 aromatic heterocycles. The van der Waals surface area contributed by atoms with Crippen molar-refractivity contribution in [1.29, 1.82) is 0 Å². The minimum absolute atomic E-state index is 0.0792. The van der Waals surface area contributed by atoms with Crippen LogP contribution in [0.5, 0.6) is 11.5 Å². The zero-order valence-electron chi connectivity index (χ0n) is 19.5. The lowest BCUT2D eigenvalue weighted by atomic mass is 9.97. The van der Waals surface area contributed by atoms with E-state index in [4.69, 9.17) is 13.9 Å². The molecule has 0 saturated carbocycles. The van der Waals surface area contributed by atoms with E-state index in [-0.39, 0.29) is 5.78 Å². The summed E-state index contributed by atoms with van der Waals surface area (Å²) in [5.74, 6) is 2.02. The van der Waals surface area contributed by atoms with Crippen LogP contribution in [0.1, 0.15) is 35.2 Å². The molecule has 1 fully saturated rings. The molecule has 34 heavy (non-hydrogen) atoms. The fraction of sp³-hybridized carbons (Fsp3) is 0.276. The molecule has 5 heteroatoms. The number of ketones is 1. The highest BCUT2D eigenvalue weighted by Crippen LogP contribution is 2.36. The fourth-order valence-electron chi connectivity index (χ4n) is 4.54. The topological polar surface area (TPSA) is 51.9 Å². The molecule has 1 aliphatic heterocycles. The summed E-state index contributed by atoms with van der Waals surface area (Å²) in [6.07, 6.45) is 3.90. The molecule has 0 N–H and O–H groups in total. The van der Waals surface area contributed by atoms with Crippen LogP contribution in [0.3, 0.4) is 0 Å². The fourth-order valence-corrected chi connectivity index (χ4v) is 4.54. The van der Waals surface area contributed by atoms with E-state index in [9.17, 15) is 4.79 Å². The predicted molar refractivity (Wildman–Crippen MR) is 134 cm³/mol. The number of fused-ring (bicyclic) bond motifs is 1. The number of para-hydroxylation sites is 1. The Balaban J connectivity index is 1.39. The number of methoxy groups -OCH3 is 1. The third kappa shape index (κ3) is 4.70. The van der Waals surface area contributed by atoms with Crippen molar-refractivity contribution < 1.29 is 18.7 Å². The Bertz CT molecular complexity index is 1250. The summed E-state index contributed by atoms with van der Waals surface area (Å²) < 4.78 is 17.4. The Hall–Kier alpha value is -3.57. The smallest absolute Gasteiger partial charge is 0.197 e. The highest BCUT2D eigenvalue weighted by Gasteiger charge is 2.23. The second kappa shape index (κ2) is 10.1. The van der Waals surface area contributed by atoms with Gasteiger partial charge in [0, 0.05) is 23.1 Å². The molecule has 174 valence electrons. The van der Waals surface area contributed by atoms with Gasteiger partial charge in [0.05, 0.1) is 12.7 Å². The number of carbonyl (C=O) groups is 1. The maximum Gasteiger partial charge on any atom is 0.197 e. The van der Waals surface area contributed by atoms with Crippen LogP contribution in [-0.2, 0) is 0 Å². The number of likely N-dealkylation sites (tertiary alicyclic amines) is 1. The molecular weight excluding hydrogens is 426 g/mol. The molecule has 0 unspecified atom stereocenters. The van der Waals surface area contributed by atoms with Gasteiger partial charge < -0.3 is 13.9 Å². The molecule has 2 heterocycles. The number of benzene rings is 3. The summed E-state index contributed by atoms with van der Waals surface area (Å²) >= 11 is 0. The largest absolute Gasteiger partial charge is 0.497 e. The number of nitrogens with zero attached hydrogens (tertiary/aromatic N) is 1. The minimum Gasteiger partial charge on any atom is -0.497 e. The van der Waals surface area contributed by atoms with E-state index >= 15 is 0 Å². The molecule has 3 aromatic carbocycles. The molecule has 1 aliphatic rings. The lowest BCUT2D eigenvalue weighted by Crippen LogP contribution is -2.33. The zero-order valence-corrected chi connectivity index (χ0v) is 19.5. The first kappa shape index (κ1) is 22.2. The van der Waals surface area contributed by atoms with Crippen LogP contribution in [0.2, 0.25) is 0 Å². The van der Waals surface area contributed by atoms with Crippen LogP contribution < -0.4 is 9.47 Å². The number of carbonyl (C=O) groups excluding carboxylic acids is 1. The Morgan fingerprint density at radius 3 is 2.32 bits per heavy atom. The van der Waals surface area contributed by atoms with E-state index in [1.54, 1.807) is 31.4 Å². The average molecular weight is 456 g/mol. The SMILES string of the molecule is COc1ccc(C(=O)c2c(-c3ccc(OCCN4CCCCC4)cc3)oc3ccccc23)cc1. The van der Waals surface area contributed by atoms with Gasteiger partial charge in [0.2, 0.25) is 0 Å². The first-order valence-corrected chi connectivity index (χ1v) is 11.9. The van der Waals surface area contributed by atoms with Gasteiger partial charge in [0.1, 0.15) is 29.4 Å². The summed E-state index contributed by atoms with van der Waals surface area (Å²) in [6, 6.07) is 22.6. The molecule has 0 aliphatic carbocycles. The standard InChI is InChI=1S/C29H29NO4/c1-32-23-13-9-21(10-14-23)28(31)27-25-7-3-4-8-26(25)34-29(27)22-11-15-24(16-12-22)33-20-19-30-17-5-2-6-18-30/h3-4,7-16H,2,5-6,17-20H2,1H3. The van der Waals surface area contributed by atoms with E-state index in [1.807, 2.05) is 48.5 Å². The van der Waals surface area contributed by atoms with Gasteiger partial charge in [0.15, 0.2) is 5.78 Å². The van der Waals surface area contributed by atoms with E-state index in [0.717, 1.165) is 23.2 Å². The van der Waals surface area contributed by atoms with Gasteiger partial charge in [-0.25, -0.2) is 0 Å². The van der Waals surface area contributed by atoms with Crippen LogP contribution in [0.25, 0.3) is 22.3 Å². The molecule has 0 spiro atoms. The maximum absolute atomic E-state index is 13.5. The Labute approximate surface area is 199 Å². The van der Waals surface area contributed by atoms with Gasteiger partial charge in [-0.1, -0.05) is 24.6 Å². The van der Waals surface area contributed by atoms with Gasteiger partial charge in [-0.15, -0.1) is 0 Å². The van der Waals surface area contributed by atoms with Crippen molar-refractivity contribution in [2.24, 2.45) is 0 Å². The molecule has 0 amide bonds. The molecule has 5 nitrogen and oxygen atoms in total. The van der Waals surface area contributed by atoms with Crippen molar-refractivity contribution >= 4 is 16.8 Å². The van der Waals surface area contributed by atoms with Crippen molar-refractivity contribution in [3.05, 3.63) is 83.9 Å². The third-order valence-electron chi connectivity index (χ3n) is 6.42. The summed E-state index contributed by atoms with van der Waals surface area (Å²) in [7, 11) is 1.61. The monoisotopic (exact) mass is 455 g/mol. The predicted octanol–water partition coefficient (Wildman–Crippen LogP) is 6.20. The van der Waals surface area contributed by atoms with Gasteiger partial charge >= 0.3 is 0 Å². The molecule has 0 radical (unpaired) electrons. The zero-order chi connectivity index (χ0) is 23.3. The highest BCUT2D eigenvalue weighted by atomic mass is 16.5. The van der Waals surface area contributed by atoms with E-state index in [0.29, 0.717) is 34.8 Å². The van der Waals surface area contributed by atoms with E-state index in [1.165, 1.54) is 32.4 Å². The van der Waals surface area contributed by atoms with Crippen molar-refractivity contribution in [3.63, 3.8) is 0 Å². The van der Waals surface area contributed by atoms with E-state index < -0.39 is 0 Å². The van der Waals surface area contributed by atoms with Crippen LogP contribution in [0, 0.1) is 0 Å². The number of hydrogen-bond acceptors (Lipinski definition) is 5. The number of hydrogen-bond donors (Lipinski definition) is 0. The summed E-state index contributed by atoms with van der Waals surface area (Å²) in [4.78, 5) is 16.0. The number of rotatable bonds is 8. The summed E-state index contributed by atoms with van der Waals surface area (Å²) in [6.45, 7) is 3.95. The van der Waals surface area contributed by atoms with Crippen LogP contribution >= 0.6 is 0 Å². The summed E-state index contributed by atoms with van der Waals surface area (Å²) in [5.41, 5.74) is 2.69. The summed E-state index contributed by atoms with van der Waals surface area (Å²) in [5, 5.41) is 0.806. The first-order valence-electron chi connectivity index (χ1n) is 11.9. The Kier molecular flexibility index (Phi) is 6.63. The van der Waals surface area contributed by atoms with Crippen LogP contribution in [0.4, 0.5) is 0 Å². The van der Waals surface area contributed by atoms with E-state index in [2.05, 4.69) is 4.90 Å². The van der Waals surface area contributed by atoms with Crippen molar-refractivity contribution in [2.45, 2.75) is 19.3 Å². The van der Waals surface area contributed by atoms with Gasteiger partial charge in [-0.2, -0.15) is 0 Å². The normalized spacial score (nSPS) is 14.3. The lowest BCUT2D eigenvalue weighted by molar-refractivity contribution is 0.104. The number of furan rings is 1. The molecule has 1 saturated heterocycles. The second-order valence-corrected chi connectivity index (χ2v) is 8.64. The highest BCUT2D eigenvalue weighted by molar-refractivity contribution is 6.19. The average Bonchev–Trinajstić information content (AvgIpc) is 3.29. The molecule has 5 rings (SSSR count). The first-order chi connectivity index (χ1) is 16.7. The third-order valence-corrected chi connectivity index (χ3v) is 6.42. The molecule has 0 bridgehead atoms. The lowest BCUT2D eigenvalue weighted by Gasteiger charge is -2.26. The van der Waals surface area contributed by atoms with Crippen LogP contribution in [-0.4, -0.2) is 44.0 Å². The van der Waals surface area contributed by atoms with Crippen molar-refractivity contribution in [2.75, 3.05) is 33.4 Å². The van der Waals surface area contributed by atoms with Gasteiger partial charge in [-0.3, -0.25) is 9.69 Å². The maximum atomic E-state index is 13.5. The minimum atomic E-state index is -0.0792. The number of piperidine rings is 1. The molecule has 0 atom stereocenters. The Morgan fingerprint density at radius 1 is 0.882 bits per heavy atom. The van der Waals surface area contributed by atoms with Crippen molar-refractivity contribution in [3.8, 4) is 22.8 Å². The van der Waals surface area contributed by atoms with Crippen LogP contribution in [0.15, 0.2) is 77.2 Å². The molecule has 4 aromatic rings. The molecular formula is C29H29NO4. The Morgan fingerprint density at radius 2 is 1.59 bits per heavy atom. The number of ether oxygens (including phenoxy) is 2. The van der Waals surface area contributed by atoms with Crippen molar-refractivity contribution in [1.82, 2.24) is 4.90 Å².